The molecular formula is C14H11BrN4O. The zero-order valence-corrected chi connectivity index (χ0v) is 11.9. The lowest BCUT2D eigenvalue weighted by molar-refractivity contribution is 0.115. The SMILES string of the molecule is OC(c1ccccc1)(c1ccc(Br)cc1)c1nn[nH]n1. The molecule has 0 saturated carbocycles. The molecule has 0 saturated heterocycles. The summed E-state index contributed by atoms with van der Waals surface area (Å²) >= 11 is 3.39. The predicted molar refractivity (Wildman–Crippen MR) is 76.9 cm³/mol. The molecule has 0 bridgehead atoms. The molecule has 1 heterocycles. The quantitative estimate of drug-likeness (QED) is 0.772. The fourth-order valence-electron chi connectivity index (χ4n) is 2.11. The first kappa shape index (κ1) is 13.0. The number of rotatable bonds is 3. The maximum Gasteiger partial charge on any atom is 0.215 e. The molecule has 2 aromatic carbocycles. The van der Waals surface area contributed by atoms with Crippen LogP contribution >= 0.6 is 15.9 Å². The lowest BCUT2D eigenvalue weighted by Gasteiger charge is -2.25. The van der Waals surface area contributed by atoms with Gasteiger partial charge in [-0.05, 0) is 23.3 Å². The summed E-state index contributed by atoms with van der Waals surface area (Å²) in [5.41, 5.74) is -0.0772. The predicted octanol–water partition coefficient (Wildman–Crippen LogP) is 2.25. The number of tetrazole rings is 1. The Morgan fingerprint density at radius 2 is 1.60 bits per heavy atom. The Bertz CT molecular complexity index is 685. The third kappa shape index (κ3) is 2.13. The smallest absolute Gasteiger partial charge is 0.215 e. The molecule has 1 unspecified atom stereocenters. The van der Waals surface area contributed by atoms with Crippen LogP contribution in [0.5, 0.6) is 0 Å². The van der Waals surface area contributed by atoms with Crippen molar-refractivity contribution in [1.82, 2.24) is 20.6 Å². The maximum absolute atomic E-state index is 11.2. The van der Waals surface area contributed by atoms with Gasteiger partial charge in [0, 0.05) is 4.47 Å². The summed E-state index contributed by atoms with van der Waals surface area (Å²) in [7, 11) is 0. The van der Waals surface area contributed by atoms with Gasteiger partial charge in [-0.2, -0.15) is 5.21 Å². The van der Waals surface area contributed by atoms with E-state index < -0.39 is 5.60 Å². The third-order valence-electron chi connectivity index (χ3n) is 3.12. The number of nitrogens with one attached hydrogen (secondary N) is 1. The molecule has 0 amide bonds. The number of nitrogens with zero attached hydrogens (tertiary/aromatic N) is 3. The largest absolute Gasteiger partial charge is 0.373 e. The molecule has 20 heavy (non-hydrogen) atoms. The standard InChI is InChI=1S/C14H11BrN4O/c15-12-8-6-11(7-9-12)14(20,13-16-18-19-17-13)10-4-2-1-3-5-10/h1-9,20H,(H,16,17,18,19). The molecule has 0 spiro atoms. The highest BCUT2D eigenvalue weighted by molar-refractivity contribution is 9.10. The van der Waals surface area contributed by atoms with Crippen molar-refractivity contribution >= 4 is 15.9 Å². The van der Waals surface area contributed by atoms with Crippen molar-refractivity contribution < 1.29 is 5.11 Å². The second-order valence-corrected chi connectivity index (χ2v) is 5.23. The summed E-state index contributed by atoms with van der Waals surface area (Å²) < 4.78 is 0.935. The molecule has 1 aromatic heterocycles. The lowest BCUT2D eigenvalue weighted by Crippen LogP contribution is -2.30. The molecule has 0 radical (unpaired) electrons. The maximum atomic E-state index is 11.2. The number of aromatic nitrogens is 4. The Morgan fingerprint density at radius 3 is 2.20 bits per heavy atom. The van der Waals surface area contributed by atoms with Crippen LogP contribution in [0, 0.1) is 0 Å². The van der Waals surface area contributed by atoms with Crippen LogP contribution in [0.15, 0.2) is 59.1 Å². The summed E-state index contributed by atoms with van der Waals surface area (Å²) in [6, 6.07) is 16.7. The van der Waals surface area contributed by atoms with Crippen LogP contribution in [0.1, 0.15) is 17.0 Å². The molecule has 1 atom stereocenters. The first-order valence-corrected chi connectivity index (χ1v) is 6.78. The van der Waals surface area contributed by atoms with Crippen LogP contribution < -0.4 is 0 Å². The minimum Gasteiger partial charge on any atom is -0.373 e. The molecule has 0 aliphatic rings. The van der Waals surface area contributed by atoms with Crippen LogP contribution in [0.4, 0.5) is 0 Å². The average Bonchev–Trinajstić information content (AvgIpc) is 3.03. The molecule has 0 aliphatic heterocycles. The molecule has 0 fully saturated rings. The number of aliphatic hydroxyl groups is 1. The number of halogens is 1. The van der Waals surface area contributed by atoms with Crippen LogP contribution in [0.3, 0.4) is 0 Å². The van der Waals surface area contributed by atoms with E-state index in [-0.39, 0.29) is 5.82 Å². The number of hydrogen-bond donors (Lipinski definition) is 2. The van der Waals surface area contributed by atoms with Crippen LogP contribution in [-0.4, -0.2) is 25.7 Å². The van der Waals surface area contributed by atoms with Crippen molar-refractivity contribution in [1.29, 1.82) is 0 Å². The van der Waals surface area contributed by atoms with E-state index in [1.165, 1.54) is 0 Å². The van der Waals surface area contributed by atoms with E-state index >= 15 is 0 Å². The van der Waals surface area contributed by atoms with Gasteiger partial charge >= 0.3 is 0 Å². The second-order valence-electron chi connectivity index (χ2n) is 4.32. The molecule has 2 N–H and O–H groups in total. The van der Waals surface area contributed by atoms with Crippen molar-refractivity contribution in [2.45, 2.75) is 5.60 Å². The second kappa shape index (κ2) is 5.15. The summed E-state index contributed by atoms with van der Waals surface area (Å²) in [4.78, 5) is 0. The van der Waals surface area contributed by atoms with E-state index in [2.05, 4.69) is 36.6 Å². The molecule has 0 aliphatic carbocycles. The first-order chi connectivity index (χ1) is 9.71. The fourth-order valence-corrected chi connectivity index (χ4v) is 2.37. The molecule has 6 heteroatoms. The highest BCUT2D eigenvalue weighted by atomic mass is 79.9. The van der Waals surface area contributed by atoms with Gasteiger partial charge in [0.15, 0.2) is 5.60 Å². The van der Waals surface area contributed by atoms with Gasteiger partial charge in [-0.25, -0.2) is 0 Å². The molecule has 100 valence electrons. The fraction of sp³-hybridized carbons (Fsp3) is 0.0714. The summed E-state index contributed by atoms with van der Waals surface area (Å²) in [6.07, 6.45) is 0. The van der Waals surface area contributed by atoms with Gasteiger partial charge in [-0.3, -0.25) is 0 Å². The van der Waals surface area contributed by atoms with Crippen molar-refractivity contribution in [3.8, 4) is 0 Å². The molecule has 3 rings (SSSR count). The number of hydrogen-bond acceptors (Lipinski definition) is 4. The summed E-state index contributed by atoms with van der Waals surface area (Å²) in [6.45, 7) is 0. The van der Waals surface area contributed by atoms with Gasteiger partial charge in [0.2, 0.25) is 5.82 Å². The van der Waals surface area contributed by atoms with Gasteiger partial charge in [-0.1, -0.05) is 63.6 Å². The summed E-state index contributed by atoms with van der Waals surface area (Å²) in [5.74, 6) is 0.214. The van der Waals surface area contributed by atoms with Crippen LogP contribution in [-0.2, 0) is 5.60 Å². The van der Waals surface area contributed by atoms with Gasteiger partial charge < -0.3 is 5.11 Å². The Hall–Kier alpha value is -2.05. The van der Waals surface area contributed by atoms with Crippen molar-refractivity contribution in [2.75, 3.05) is 0 Å². The number of benzene rings is 2. The zero-order valence-electron chi connectivity index (χ0n) is 10.4. The van der Waals surface area contributed by atoms with E-state index in [1.807, 2.05) is 54.6 Å². The Morgan fingerprint density at radius 1 is 0.950 bits per heavy atom. The van der Waals surface area contributed by atoms with E-state index in [4.69, 9.17) is 0 Å². The lowest BCUT2D eigenvalue weighted by atomic mass is 9.86. The molecule has 3 aromatic rings. The van der Waals surface area contributed by atoms with E-state index in [0.29, 0.717) is 11.1 Å². The van der Waals surface area contributed by atoms with Gasteiger partial charge in [0.25, 0.3) is 0 Å². The zero-order chi connectivity index (χ0) is 14.0. The van der Waals surface area contributed by atoms with E-state index in [9.17, 15) is 5.11 Å². The Kier molecular flexibility index (Phi) is 3.33. The van der Waals surface area contributed by atoms with Gasteiger partial charge in [0.05, 0.1) is 0 Å². The van der Waals surface area contributed by atoms with Crippen LogP contribution in [0.2, 0.25) is 0 Å². The number of aromatic amines is 1. The highest BCUT2D eigenvalue weighted by Crippen LogP contribution is 2.34. The van der Waals surface area contributed by atoms with Crippen molar-refractivity contribution in [3.05, 3.63) is 76.0 Å². The average molecular weight is 331 g/mol. The van der Waals surface area contributed by atoms with Gasteiger partial charge in [-0.15, -0.1) is 10.2 Å². The normalized spacial score (nSPS) is 13.9. The van der Waals surface area contributed by atoms with Crippen molar-refractivity contribution in [3.63, 3.8) is 0 Å². The van der Waals surface area contributed by atoms with Crippen molar-refractivity contribution in [2.24, 2.45) is 0 Å². The number of H-pyrrole nitrogens is 1. The minimum absolute atomic E-state index is 0.214. The summed E-state index contributed by atoms with van der Waals surface area (Å²) in [5, 5.41) is 25.1. The Labute approximate surface area is 123 Å². The first-order valence-electron chi connectivity index (χ1n) is 5.99. The molecule has 5 nitrogen and oxygen atoms in total. The minimum atomic E-state index is -1.44. The van der Waals surface area contributed by atoms with Crippen LogP contribution in [0.25, 0.3) is 0 Å². The monoisotopic (exact) mass is 330 g/mol. The topological polar surface area (TPSA) is 74.7 Å². The van der Waals surface area contributed by atoms with Gasteiger partial charge in [0.1, 0.15) is 0 Å². The highest BCUT2D eigenvalue weighted by Gasteiger charge is 2.37. The molecular weight excluding hydrogens is 320 g/mol. The third-order valence-corrected chi connectivity index (χ3v) is 3.65. The van der Waals surface area contributed by atoms with E-state index in [0.717, 1.165) is 4.47 Å². The Balaban J connectivity index is 2.21. The van der Waals surface area contributed by atoms with E-state index in [1.54, 1.807) is 0 Å².